The molecule has 0 spiro atoms. The second-order valence-corrected chi connectivity index (χ2v) is 6.82. The molecule has 6 nitrogen and oxygen atoms in total. The number of anilines is 1. The Morgan fingerprint density at radius 2 is 1.64 bits per heavy atom. The molecule has 0 bridgehead atoms. The van der Waals surface area contributed by atoms with Gasteiger partial charge in [0.2, 0.25) is 0 Å². The van der Waals surface area contributed by atoms with Crippen molar-refractivity contribution in [2.75, 3.05) is 25.0 Å². The lowest BCUT2D eigenvalue weighted by molar-refractivity contribution is 0.0954. The molecular weight excluding hydrogens is 376 g/mol. The normalized spacial score (nSPS) is 14.1. The van der Waals surface area contributed by atoms with Crippen molar-refractivity contribution in [2.24, 2.45) is 5.73 Å². The number of carbonyl (C=O) groups excluding carboxylic acids is 2. The zero-order valence-electron chi connectivity index (χ0n) is 15.8. The van der Waals surface area contributed by atoms with Gasteiger partial charge in [-0.2, -0.15) is 0 Å². The van der Waals surface area contributed by atoms with Crippen LogP contribution in [0.5, 0.6) is 0 Å². The van der Waals surface area contributed by atoms with Gasteiger partial charge in [0.25, 0.3) is 5.91 Å². The Bertz CT molecular complexity index is 760. The summed E-state index contributed by atoms with van der Waals surface area (Å²) in [4.78, 5) is 26.3. The van der Waals surface area contributed by atoms with E-state index in [1.807, 2.05) is 30.3 Å². The van der Waals surface area contributed by atoms with Crippen molar-refractivity contribution in [1.29, 1.82) is 0 Å². The summed E-state index contributed by atoms with van der Waals surface area (Å²) < 4.78 is 0. The molecule has 3 rings (SSSR count). The van der Waals surface area contributed by atoms with Crippen LogP contribution in [0.15, 0.2) is 54.6 Å². The van der Waals surface area contributed by atoms with Gasteiger partial charge < -0.3 is 21.3 Å². The molecule has 2 aromatic carbocycles. The maximum Gasteiger partial charge on any atom is 0.321 e. The van der Waals surface area contributed by atoms with Crippen molar-refractivity contribution in [3.8, 4) is 0 Å². The fraction of sp³-hybridized carbons (Fsp3) is 0.333. The van der Waals surface area contributed by atoms with E-state index in [1.54, 1.807) is 29.2 Å². The van der Waals surface area contributed by atoms with Crippen LogP contribution in [0.3, 0.4) is 0 Å². The van der Waals surface area contributed by atoms with Gasteiger partial charge in [-0.3, -0.25) is 4.79 Å². The topological polar surface area (TPSA) is 87.5 Å². The van der Waals surface area contributed by atoms with Gasteiger partial charge in [-0.1, -0.05) is 30.3 Å². The molecule has 0 aliphatic carbocycles. The van der Waals surface area contributed by atoms with Crippen molar-refractivity contribution in [3.63, 3.8) is 0 Å². The molecule has 0 unspecified atom stereocenters. The summed E-state index contributed by atoms with van der Waals surface area (Å²) in [6.07, 6.45) is 2.45. The molecule has 0 saturated carbocycles. The van der Waals surface area contributed by atoms with Crippen LogP contribution in [0.1, 0.15) is 28.8 Å². The lowest BCUT2D eigenvalue weighted by Gasteiger charge is -2.30. The Morgan fingerprint density at radius 3 is 2.29 bits per heavy atom. The molecule has 150 valence electrons. The van der Waals surface area contributed by atoms with E-state index in [4.69, 9.17) is 5.73 Å². The molecule has 7 heteroatoms. The van der Waals surface area contributed by atoms with Crippen LogP contribution in [0.2, 0.25) is 0 Å². The molecule has 1 heterocycles. The van der Waals surface area contributed by atoms with Gasteiger partial charge in [0.15, 0.2) is 0 Å². The molecule has 1 fully saturated rings. The Morgan fingerprint density at radius 1 is 1.00 bits per heavy atom. The number of nitrogens with two attached hydrogens (primary N) is 1. The minimum Gasteiger partial charge on any atom is -0.352 e. The number of likely N-dealkylation sites (tertiary alicyclic amines) is 1. The lowest BCUT2D eigenvalue weighted by Crippen LogP contribution is -2.44. The van der Waals surface area contributed by atoms with Gasteiger partial charge in [-0.15, -0.1) is 12.4 Å². The number of hydrogen-bond donors (Lipinski definition) is 3. The highest BCUT2D eigenvalue weighted by molar-refractivity contribution is 5.95. The van der Waals surface area contributed by atoms with E-state index in [2.05, 4.69) is 10.6 Å². The SMILES string of the molecule is Cl.NC1CCN(C(=O)Nc2ccc(C(=O)NCCc3ccccc3)cc2)CC1. The van der Waals surface area contributed by atoms with Gasteiger partial charge in [-0.25, -0.2) is 4.79 Å². The molecule has 1 aliphatic heterocycles. The molecule has 0 atom stereocenters. The quantitative estimate of drug-likeness (QED) is 0.718. The first-order valence-corrected chi connectivity index (χ1v) is 9.35. The summed E-state index contributed by atoms with van der Waals surface area (Å²) in [7, 11) is 0. The fourth-order valence-electron chi connectivity index (χ4n) is 3.08. The molecule has 0 aromatic heterocycles. The summed E-state index contributed by atoms with van der Waals surface area (Å²) >= 11 is 0. The van der Waals surface area contributed by atoms with Crippen LogP contribution >= 0.6 is 12.4 Å². The zero-order valence-corrected chi connectivity index (χ0v) is 16.6. The number of halogens is 1. The molecule has 2 aromatic rings. The third-order valence-corrected chi connectivity index (χ3v) is 4.77. The predicted molar refractivity (Wildman–Crippen MR) is 114 cm³/mol. The highest BCUT2D eigenvalue weighted by Gasteiger charge is 2.20. The van der Waals surface area contributed by atoms with E-state index >= 15 is 0 Å². The Labute approximate surface area is 171 Å². The number of rotatable bonds is 5. The second-order valence-electron chi connectivity index (χ2n) is 6.82. The van der Waals surface area contributed by atoms with Crippen LogP contribution in [0.4, 0.5) is 10.5 Å². The number of nitrogens with zero attached hydrogens (tertiary/aromatic N) is 1. The van der Waals surface area contributed by atoms with E-state index in [0.29, 0.717) is 30.9 Å². The van der Waals surface area contributed by atoms with Crippen molar-refractivity contribution in [2.45, 2.75) is 25.3 Å². The number of benzene rings is 2. The van der Waals surface area contributed by atoms with Crippen LogP contribution < -0.4 is 16.4 Å². The van der Waals surface area contributed by atoms with E-state index < -0.39 is 0 Å². The van der Waals surface area contributed by atoms with Crippen molar-refractivity contribution < 1.29 is 9.59 Å². The highest BCUT2D eigenvalue weighted by Crippen LogP contribution is 2.13. The van der Waals surface area contributed by atoms with Crippen molar-refractivity contribution in [1.82, 2.24) is 10.2 Å². The first kappa shape index (κ1) is 21.7. The summed E-state index contributed by atoms with van der Waals surface area (Å²) in [6, 6.07) is 17.0. The number of amides is 3. The molecule has 4 N–H and O–H groups in total. The molecular formula is C21H27ClN4O2. The number of piperidine rings is 1. The Kier molecular flexibility index (Phi) is 8.29. The summed E-state index contributed by atoms with van der Waals surface area (Å²) in [6.45, 7) is 1.93. The van der Waals surface area contributed by atoms with Gasteiger partial charge in [0.1, 0.15) is 0 Å². The average Bonchev–Trinajstić information content (AvgIpc) is 2.70. The van der Waals surface area contributed by atoms with E-state index in [-0.39, 0.29) is 30.4 Å². The minimum atomic E-state index is -0.123. The minimum absolute atomic E-state index is 0. The van der Waals surface area contributed by atoms with Crippen molar-refractivity contribution >= 4 is 30.0 Å². The van der Waals surface area contributed by atoms with Crippen LogP contribution in [-0.2, 0) is 6.42 Å². The summed E-state index contributed by atoms with van der Waals surface area (Å²) in [5.74, 6) is -0.117. The predicted octanol–water partition coefficient (Wildman–Crippen LogP) is 3.04. The Balaban J connectivity index is 0.00000280. The smallest absolute Gasteiger partial charge is 0.321 e. The molecule has 1 aliphatic rings. The number of urea groups is 1. The third kappa shape index (κ3) is 6.25. The maximum absolute atomic E-state index is 12.3. The summed E-state index contributed by atoms with van der Waals surface area (Å²) in [5.41, 5.74) is 8.31. The molecule has 0 radical (unpaired) electrons. The lowest BCUT2D eigenvalue weighted by atomic mass is 10.1. The standard InChI is InChI=1S/C21H26N4O2.ClH/c22-18-11-14-25(15-12-18)21(27)24-19-8-6-17(7-9-19)20(26)23-13-10-16-4-2-1-3-5-16;/h1-9,18H,10-15,22H2,(H,23,26)(H,24,27);1H. The molecule has 1 saturated heterocycles. The van der Waals surface area contributed by atoms with Crippen LogP contribution in [-0.4, -0.2) is 42.5 Å². The highest BCUT2D eigenvalue weighted by atomic mass is 35.5. The van der Waals surface area contributed by atoms with Gasteiger partial charge in [-0.05, 0) is 49.1 Å². The number of carbonyl (C=O) groups is 2. The van der Waals surface area contributed by atoms with E-state index in [9.17, 15) is 9.59 Å². The van der Waals surface area contributed by atoms with Gasteiger partial charge in [0.05, 0.1) is 0 Å². The van der Waals surface area contributed by atoms with Crippen LogP contribution in [0, 0.1) is 0 Å². The van der Waals surface area contributed by atoms with Gasteiger partial charge >= 0.3 is 6.03 Å². The maximum atomic E-state index is 12.3. The zero-order chi connectivity index (χ0) is 19.1. The average molecular weight is 403 g/mol. The van der Waals surface area contributed by atoms with Gasteiger partial charge in [0, 0.05) is 36.9 Å². The van der Waals surface area contributed by atoms with E-state index in [0.717, 1.165) is 19.3 Å². The Hall–Kier alpha value is -2.57. The third-order valence-electron chi connectivity index (χ3n) is 4.77. The molecule has 28 heavy (non-hydrogen) atoms. The monoisotopic (exact) mass is 402 g/mol. The van der Waals surface area contributed by atoms with E-state index in [1.165, 1.54) is 5.56 Å². The number of hydrogen-bond acceptors (Lipinski definition) is 3. The first-order valence-electron chi connectivity index (χ1n) is 9.35. The fourth-order valence-corrected chi connectivity index (χ4v) is 3.08. The largest absolute Gasteiger partial charge is 0.352 e. The van der Waals surface area contributed by atoms with Crippen molar-refractivity contribution in [3.05, 3.63) is 65.7 Å². The summed E-state index contributed by atoms with van der Waals surface area (Å²) in [5, 5.41) is 5.79. The van der Waals surface area contributed by atoms with Crippen LogP contribution in [0.25, 0.3) is 0 Å². The molecule has 3 amide bonds. The second kappa shape index (κ2) is 10.7. The number of nitrogens with one attached hydrogen (secondary N) is 2. The first-order chi connectivity index (χ1) is 13.1.